The zero-order valence-corrected chi connectivity index (χ0v) is 9.19. The molecule has 1 aliphatic rings. The van der Waals surface area contributed by atoms with Crippen molar-refractivity contribution in [2.75, 3.05) is 19.7 Å². The molecule has 0 spiro atoms. The Labute approximate surface area is 85.4 Å². The van der Waals surface area contributed by atoms with Crippen molar-refractivity contribution >= 4 is 5.91 Å². The number of ether oxygens (including phenoxy) is 1. The van der Waals surface area contributed by atoms with Crippen LogP contribution in [0.15, 0.2) is 0 Å². The van der Waals surface area contributed by atoms with E-state index in [1.807, 2.05) is 20.8 Å². The average Bonchev–Trinajstić information content (AvgIpc) is 2.15. The van der Waals surface area contributed by atoms with E-state index < -0.39 is 0 Å². The molecular formula is C10H20N2O2. The summed E-state index contributed by atoms with van der Waals surface area (Å²) in [6, 6.07) is -0.375. The average molecular weight is 200 g/mol. The molecule has 1 amide bonds. The van der Waals surface area contributed by atoms with Gasteiger partial charge in [-0.1, -0.05) is 13.8 Å². The van der Waals surface area contributed by atoms with E-state index in [-0.39, 0.29) is 24.0 Å². The highest BCUT2D eigenvalue weighted by Gasteiger charge is 2.26. The lowest BCUT2D eigenvalue weighted by Crippen LogP contribution is -2.52. The molecule has 4 nitrogen and oxygen atoms in total. The van der Waals surface area contributed by atoms with Gasteiger partial charge >= 0.3 is 0 Å². The first-order valence-corrected chi connectivity index (χ1v) is 5.18. The lowest BCUT2D eigenvalue weighted by molar-refractivity contribution is -0.140. The van der Waals surface area contributed by atoms with Crippen LogP contribution in [0.25, 0.3) is 0 Å². The van der Waals surface area contributed by atoms with E-state index >= 15 is 0 Å². The van der Waals surface area contributed by atoms with E-state index in [9.17, 15) is 4.79 Å². The van der Waals surface area contributed by atoms with Crippen LogP contribution in [0.2, 0.25) is 0 Å². The molecule has 1 aliphatic heterocycles. The minimum Gasteiger partial charge on any atom is -0.375 e. The van der Waals surface area contributed by atoms with Gasteiger partial charge in [-0.3, -0.25) is 4.79 Å². The highest BCUT2D eigenvalue weighted by atomic mass is 16.5. The number of nitrogens with zero attached hydrogens (tertiary/aromatic N) is 1. The third-order valence-corrected chi connectivity index (χ3v) is 2.56. The van der Waals surface area contributed by atoms with Gasteiger partial charge in [0.1, 0.15) is 0 Å². The fourth-order valence-electron chi connectivity index (χ4n) is 1.51. The third-order valence-electron chi connectivity index (χ3n) is 2.56. The molecule has 0 bridgehead atoms. The largest absolute Gasteiger partial charge is 0.375 e. The number of hydrogen-bond donors (Lipinski definition) is 1. The molecule has 1 rings (SSSR count). The Morgan fingerprint density at radius 2 is 2.21 bits per heavy atom. The van der Waals surface area contributed by atoms with Crippen LogP contribution in [0.1, 0.15) is 20.8 Å². The lowest BCUT2D eigenvalue weighted by atomic mass is 10.0. The number of carbonyl (C=O) groups is 1. The van der Waals surface area contributed by atoms with Crippen molar-refractivity contribution < 1.29 is 9.53 Å². The van der Waals surface area contributed by atoms with Crippen molar-refractivity contribution in [3.8, 4) is 0 Å². The molecule has 0 aromatic rings. The Hall–Kier alpha value is -0.610. The number of rotatable bonds is 2. The van der Waals surface area contributed by atoms with Crippen LogP contribution in [0.5, 0.6) is 0 Å². The molecule has 1 fully saturated rings. The number of morpholine rings is 1. The first-order valence-electron chi connectivity index (χ1n) is 5.18. The molecule has 0 aliphatic carbocycles. The molecule has 14 heavy (non-hydrogen) atoms. The predicted octanol–water partition coefficient (Wildman–Crippen LogP) is 0.217. The second-order valence-corrected chi connectivity index (χ2v) is 4.24. The molecule has 4 heteroatoms. The van der Waals surface area contributed by atoms with E-state index in [2.05, 4.69) is 0 Å². The summed E-state index contributed by atoms with van der Waals surface area (Å²) in [7, 11) is 0. The van der Waals surface area contributed by atoms with Crippen molar-refractivity contribution in [1.29, 1.82) is 0 Å². The molecule has 0 saturated carbocycles. The maximum absolute atomic E-state index is 11.8. The number of nitrogens with two attached hydrogens (primary N) is 1. The number of amides is 1. The smallest absolute Gasteiger partial charge is 0.239 e. The molecule has 2 atom stereocenters. The Morgan fingerprint density at radius 3 is 2.71 bits per heavy atom. The molecule has 0 aromatic carbocycles. The summed E-state index contributed by atoms with van der Waals surface area (Å²) < 4.78 is 5.36. The summed E-state index contributed by atoms with van der Waals surface area (Å²) in [5.41, 5.74) is 5.80. The number of hydrogen-bond acceptors (Lipinski definition) is 3. The SMILES string of the molecule is CC1CN(C(=O)C(N)C(C)C)CCO1. The Morgan fingerprint density at radius 1 is 1.57 bits per heavy atom. The summed E-state index contributed by atoms with van der Waals surface area (Å²) in [5.74, 6) is 0.246. The van der Waals surface area contributed by atoms with Gasteiger partial charge in [-0.25, -0.2) is 0 Å². The standard InChI is InChI=1S/C10H20N2O2/c1-7(2)9(11)10(13)12-4-5-14-8(3)6-12/h7-9H,4-6,11H2,1-3H3. The van der Waals surface area contributed by atoms with Crippen molar-refractivity contribution in [2.45, 2.75) is 32.9 Å². The molecule has 1 heterocycles. The fourth-order valence-corrected chi connectivity index (χ4v) is 1.51. The van der Waals surface area contributed by atoms with Crippen LogP contribution in [-0.4, -0.2) is 42.6 Å². The van der Waals surface area contributed by atoms with Gasteiger partial charge in [0.15, 0.2) is 0 Å². The first kappa shape index (κ1) is 11.5. The van der Waals surface area contributed by atoms with Crippen molar-refractivity contribution in [3.05, 3.63) is 0 Å². The van der Waals surface area contributed by atoms with Gasteiger partial charge in [0.2, 0.25) is 5.91 Å². The summed E-state index contributed by atoms with van der Waals surface area (Å²) >= 11 is 0. The maximum atomic E-state index is 11.8. The lowest BCUT2D eigenvalue weighted by Gasteiger charge is -2.33. The van der Waals surface area contributed by atoms with E-state index in [1.165, 1.54) is 0 Å². The Kier molecular flexibility index (Phi) is 3.89. The Balaban J connectivity index is 2.51. The predicted molar refractivity (Wildman–Crippen MR) is 54.8 cm³/mol. The van der Waals surface area contributed by atoms with Gasteiger partial charge in [-0.15, -0.1) is 0 Å². The summed E-state index contributed by atoms with van der Waals surface area (Å²) in [4.78, 5) is 13.6. The van der Waals surface area contributed by atoms with Gasteiger partial charge in [-0.2, -0.15) is 0 Å². The minimum atomic E-state index is -0.375. The fraction of sp³-hybridized carbons (Fsp3) is 0.900. The first-order chi connectivity index (χ1) is 6.52. The number of carbonyl (C=O) groups excluding carboxylic acids is 1. The zero-order chi connectivity index (χ0) is 10.7. The summed E-state index contributed by atoms with van der Waals surface area (Å²) in [5, 5.41) is 0. The normalized spacial score (nSPS) is 25.2. The highest BCUT2D eigenvalue weighted by Crippen LogP contribution is 2.09. The monoisotopic (exact) mass is 200 g/mol. The van der Waals surface area contributed by atoms with Crippen LogP contribution in [0, 0.1) is 5.92 Å². The minimum absolute atomic E-state index is 0.0511. The van der Waals surface area contributed by atoms with E-state index in [4.69, 9.17) is 10.5 Å². The van der Waals surface area contributed by atoms with E-state index in [0.29, 0.717) is 19.7 Å². The van der Waals surface area contributed by atoms with Gasteiger partial charge in [-0.05, 0) is 12.8 Å². The second-order valence-electron chi connectivity index (χ2n) is 4.24. The van der Waals surface area contributed by atoms with Gasteiger partial charge in [0.25, 0.3) is 0 Å². The van der Waals surface area contributed by atoms with Gasteiger partial charge in [0, 0.05) is 13.1 Å². The van der Waals surface area contributed by atoms with Crippen molar-refractivity contribution in [3.63, 3.8) is 0 Å². The maximum Gasteiger partial charge on any atom is 0.239 e. The second kappa shape index (κ2) is 4.75. The van der Waals surface area contributed by atoms with Crippen LogP contribution in [0.3, 0.4) is 0 Å². The molecule has 82 valence electrons. The quantitative estimate of drug-likeness (QED) is 0.693. The summed E-state index contributed by atoms with van der Waals surface area (Å²) in [6.07, 6.45) is 0.132. The van der Waals surface area contributed by atoms with Crippen LogP contribution >= 0.6 is 0 Å². The topological polar surface area (TPSA) is 55.6 Å². The molecule has 1 saturated heterocycles. The van der Waals surface area contributed by atoms with Crippen LogP contribution in [-0.2, 0) is 9.53 Å². The van der Waals surface area contributed by atoms with Crippen LogP contribution in [0.4, 0.5) is 0 Å². The van der Waals surface area contributed by atoms with E-state index in [1.54, 1.807) is 4.90 Å². The molecule has 2 N–H and O–H groups in total. The third kappa shape index (κ3) is 2.69. The van der Waals surface area contributed by atoms with Crippen LogP contribution < -0.4 is 5.73 Å². The van der Waals surface area contributed by atoms with Gasteiger partial charge < -0.3 is 15.4 Å². The highest BCUT2D eigenvalue weighted by molar-refractivity contribution is 5.82. The molecule has 2 unspecified atom stereocenters. The molecule has 0 aromatic heterocycles. The van der Waals surface area contributed by atoms with Crippen molar-refractivity contribution in [1.82, 2.24) is 4.90 Å². The zero-order valence-electron chi connectivity index (χ0n) is 9.19. The van der Waals surface area contributed by atoms with Gasteiger partial charge in [0.05, 0.1) is 18.8 Å². The molecule has 0 radical (unpaired) electrons. The van der Waals surface area contributed by atoms with Crippen molar-refractivity contribution in [2.24, 2.45) is 11.7 Å². The summed E-state index contributed by atoms with van der Waals surface area (Å²) in [6.45, 7) is 7.86. The Bertz CT molecular complexity index is 206. The molecular weight excluding hydrogens is 180 g/mol. The van der Waals surface area contributed by atoms with E-state index in [0.717, 1.165) is 0 Å².